The van der Waals surface area contributed by atoms with Crippen LogP contribution in [-0.2, 0) is 0 Å². The highest BCUT2D eigenvalue weighted by molar-refractivity contribution is 7.18. The summed E-state index contributed by atoms with van der Waals surface area (Å²) in [5.74, 6) is 0. The first kappa shape index (κ1) is 18.8. The summed E-state index contributed by atoms with van der Waals surface area (Å²) >= 11 is 1.62. The van der Waals surface area contributed by atoms with Crippen LogP contribution in [0.15, 0.2) is 73.2 Å². The van der Waals surface area contributed by atoms with Crippen LogP contribution in [0.4, 0.5) is 5.13 Å². The topological polar surface area (TPSA) is 69.2 Å². The Morgan fingerprint density at radius 2 is 1.87 bits per heavy atom. The van der Waals surface area contributed by atoms with Gasteiger partial charge in [0.25, 0.3) is 0 Å². The third kappa shape index (κ3) is 4.19. The van der Waals surface area contributed by atoms with Gasteiger partial charge in [0.05, 0.1) is 11.4 Å². The molecule has 2 aliphatic rings. The number of aromatic nitrogens is 3. The van der Waals surface area contributed by atoms with E-state index >= 15 is 0 Å². The summed E-state index contributed by atoms with van der Waals surface area (Å²) in [5.41, 5.74) is 7.85. The highest BCUT2D eigenvalue weighted by atomic mass is 32.1. The maximum Gasteiger partial charge on any atom is 0.202 e. The van der Waals surface area contributed by atoms with Crippen LogP contribution in [-0.4, -0.2) is 57.6 Å². The Balaban J connectivity index is 1.25. The lowest BCUT2D eigenvalue weighted by Gasteiger charge is -2.33. The van der Waals surface area contributed by atoms with Crippen molar-refractivity contribution >= 4 is 16.5 Å². The summed E-state index contributed by atoms with van der Waals surface area (Å²) in [6, 6.07) is 6.10. The van der Waals surface area contributed by atoms with Gasteiger partial charge in [0.2, 0.25) is 5.13 Å². The Morgan fingerprint density at radius 1 is 1.00 bits per heavy atom. The van der Waals surface area contributed by atoms with Crippen LogP contribution in [0.2, 0.25) is 0 Å². The number of hydrogen-bond acceptors (Lipinski definition) is 8. The maximum absolute atomic E-state index is 4.55. The molecule has 0 aromatic carbocycles. The van der Waals surface area contributed by atoms with Crippen LogP contribution >= 0.6 is 11.3 Å². The molecule has 7 nitrogen and oxygen atoms in total. The summed E-state index contributed by atoms with van der Waals surface area (Å²) in [5, 5.41) is 6.31. The van der Waals surface area contributed by atoms with E-state index in [1.807, 2.05) is 36.9 Å². The fraction of sp³-hybridized carbons (Fsp3) is 0.227. The fourth-order valence-corrected chi connectivity index (χ4v) is 4.39. The maximum atomic E-state index is 4.55. The van der Waals surface area contributed by atoms with Gasteiger partial charge in [-0.2, -0.15) is 0 Å². The highest BCUT2D eigenvalue weighted by Gasteiger charge is 2.15. The molecule has 0 bridgehead atoms. The number of nitrogens with one attached hydrogen (secondary N) is 2. The predicted octanol–water partition coefficient (Wildman–Crippen LogP) is 3.21. The van der Waals surface area contributed by atoms with Crippen LogP contribution in [0.1, 0.15) is 0 Å². The van der Waals surface area contributed by atoms with E-state index in [0.29, 0.717) is 0 Å². The van der Waals surface area contributed by atoms with Gasteiger partial charge >= 0.3 is 0 Å². The molecule has 0 spiro atoms. The van der Waals surface area contributed by atoms with Crippen molar-refractivity contribution in [3.63, 3.8) is 0 Å². The van der Waals surface area contributed by atoms with Crippen molar-refractivity contribution in [2.75, 3.05) is 38.1 Å². The largest absolute Gasteiger partial charge is 0.369 e. The zero-order valence-electron chi connectivity index (χ0n) is 16.5. The first-order chi connectivity index (χ1) is 14.8. The molecule has 3 aromatic heterocycles. The number of rotatable bonds is 5. The van der Waals surface area contributed by atoms with Crippen molar-refractivity contribution in [2.24, 2.45) is 0 Å². The molecule has 3 aromatic rings. The first-order valence-corrected chi connectivity index (χ1v) is 10.9. The van der Waals surface area contributed by atoms with Crippen LogP contribution in [0.5, 0.6) is 0 Å². The molecule has 0 saturated carbocycles. The van der Waals surface area contributed by atoms with E-state index in [1.54, 1.807) is 17.5 Å². The number of anilines is 1. The van der Waals surface area contributed by atoms with E-state index in [0.717, 1.165) is 59.4 Å². The zero-order chi connectivity index (χ0) is 20.2. The van der Waals surface area contributed by atoms with Gasteiger partial charge in [-0.25, -0.2) is 4.98 Å². The summed E-state index contributed by atoms with van der Waals surface area (Å²) in [6.07, 6.45) is 15.8. The smallest absolute Gasteiger partial charge is 0.202 e. The van der Waals surface area contributed by atoms with Gasteiger partial charge in [-0.1, -0.05) is 17.4 Å². The normalized spacial score (nSPS) is 16.5. The molecule has 0 unspecified atom stereocenters. The van der Waals surface area contributed by atoms with Crippen molar-refractivity contribution < 1.29 is 0 Å². The second-order valence-electron chi connectivity index (χ2n) is 7.18. The van der Waals surface area contributed by atoms with Crippen LogP contribution < -0.4 is 10.7 Å². The van der Waals surface area contributed by atoms with E-state index in [2.05, 4.69) is 60.0 Å². The van der Waals surface area contributed by atoms with E-state index in [-0.39, 0.29) is 0 Å². The second kappa shape index (κ2) is 8.64. The van der Waals surface area contributed by atoms with Gasteiger partial charge in [-0.3, -0.25) is 20.4 Å². The number of hydrazine groups is 1. The molecule has 152 valence electrons. The zero-order valence-corrected chi connectivity index (χ0v) is 17.3. The monoisotopic (exact) mass is 417 g/mol. The lowest BCUT2D eigenvalue weighted by molar-refractivity contribution is 0.302. The number of pyridine rings is 2. The Labute approximate surface area is 179 Å². The Kier molecular flexibility index (Phi) is 5.41. The lowest BCUT2D eigenvalue weighted by atomic mass is 10.1. The average Bonchev–Trinajstić information content (AvgIpc) is 3.29. The molecule has 2 aliphatic heterocycles. The number of piperazine rings is 1. The molecule has 0 aliphatic carbocycles. The number of thiazole rings is 1. The molecule has 2 N–H and O–H groups in total. The predicted molar refractivity (Wildman–Crippen MR) is 121 cm³/mol. The van der Waals surface area contributed by atoms with Gasteiger partial charge < -0.3 is 10.2 Å². The van der Waals surface area contributed by atoms with E-state index < -0.39 is 0 Å². The molecule has 1 saturated heterocycles. The lowest BCUT2D eigenvalue weighted by Crippen LogP contribution is -2.43. The van der Waals surface area contributed by atoms with Crippen molar-refractivity contribution in [1.29, 1.82) is 0 Å². The van der Waals surface area contributed by atoms with Gasteiger partial charge in [0, 0.05) is 85.8 Å². The minimum absolute atomic E-state index is 0.808. The third-order valence-electron chi connectivity index (χ3n) is 5.17. The standard InChI is InChI=1S/C22H23N7S/c1-2-17(13-24-5-1)18-12-19(15-25-14-18)21-16-26-22(30-21)27-29-8-3-20(4-9-29)28-10-6-23-7-11-28/h1-5,8,12-16,23H,6-7,9-11H2,(H,26,27). The molecule has 5 rings (SSSR count). The Hall–Kier alpha value is -3.23. The van der Waals surface area contributed by atoms with Crippen LogP contribution in [0.3, 0.4) is 0 Å². The van der Waals surface area contributed by atoms with Gasteiger partial charge in [0.1, 0.15) is 0 Å². The SMILES string of the molecule is C1=CN(Nc2ncc(-c3cncc(-c4cccnc4)c3)s2)CC=C1N1CCNCC1. The molecular formula is C22H23N7S. The van der Waals surface area contributed by atoms with Crippen molar-refractivity contribution in [3.8, 4) is 21.6 Å². The van der Waals surface area contributed by atoms with Crippen LogP contribution in [0, 0.1) is 0 Å². The Morgan fingerprint density at radius 3 is 2.67 bits per heavy atom. The Bertz CT molecular complexity index is 1050. The number of hydrogen-bond donors (Lipinski definition) is 2. The number of nitrogens with zero attached hydrogens (tertiary/aromatic N) is 5. The molecule has 0 atom stereocenters. The molecule has 8 heteroatoms. The minimum atomic E-state index is 0.808. The van der Waals surface area contributed by atoms with Crippen molar-refractivity contribution in [2.45, 2.75) is 0 Å². The summed E-state index contributed by atoms with van der Waals surface area (Å²) in [7, 11) is 0. The third-order valence-corrected chi connectivity index (χ3v) is 6.12. The second-order valence-corrected chi connectivity index (χ2v) is 8.21. The van der Waals surface area contributed by atoms with E-state index in [1.165, 1.54) is 5.70 Å². The van der Waals surface area contributed by atoms with Gasteiger partial charge in [-0.15, -0.1) is 0 Å². The van der Waals surface area contributed by atoms with Gasteiger partial charge in [-0.05, 0) is 24.3 Å². The fourth-order valence-electron chi connectivity index (χ4n) is 3.58. The number of allylic oxidation sites excluding steroid dienone is 1. The average molecular weight is 418 g/mol. The van der Waals surface area contributed by atoms with E-state index in [9.17, 15) is 0 Å². The highest BCUT2D eigenvalue weighted by Crippen LogP contribution is 2.31. The molecule has 0 radical (unpaired) electrons. The quantitative estimate of drug-likeness (QED) is 0.661. The van der Waals surface area contributed by atoms with E-state index in [4.69, 9.17) is 0 Å². The molecular weight excluding hydrogens is 394 g/mol. The summed E-state index contributed by atoms with van der Waals surface area (Å²) < 4.78 is 0. The molecule has 1 fully saturated rings. The summed E-state index contributed by atoms with van der Waals surface area (Å²) in [4.78, 5) is 16.7. The molecule has 0 amide bonds. The van der Waals surface area contributed by atoms with Gasteiger partial charge in [0.15, 0.2) is 0 Å². The molecule has 30 heavy (non-hydrogen) atoms. The van der Waals surface area contributed by atoms with Crippen molar-refractivity contribution in [3.05, 3.63) is 73.2 Å². The minimum Gasteiger partial charge on any atom is -0.369 e. The van der Waals surface area contributed by atoms with Crippen LogP contribution in [0.25, 0.3) is 21.6 Å². The molecule has 5 heterocycles. The summed E-state index contributed by atoms with van der Waals surface area (Å²) in [6.45, 7) is 5.03. The first-order valence-electron chi connectivity index (χ1n) is 10.0. The van der Waals surface area contributed by atoms with Crippen molar-refractivity contribution in [1.82, 2.24) is 30.2 Å².